The average Bonchev–Trinajstić information content (AvgIpc) is 3.25. The highest BCUT2D eigenvalue weighted by Gasteiger charge is 2.35. The van der Waals surface area contributed by atoms with Gasteiger partial charge in [0, 0.05) is 0 Å². The molecule has 0 atom stereocenters. The average molecular weight is 628 g/mol. The number of anilines is 1. The number of aryl methyl sites for hydroxylation is 4. The van der Waals surface area contributed by atoms with Gasteiger partial charge in [0.2, 0.25) is 0 Å². The van der Waals surface area contributed by atoms with Crippen LogP contribution in [-0.2, 0) is 11.4 Å². The highest BCUT2D eigenvalue weighted by atomic mass is 79.9. The second-order valence-corrected chi connectivity index (χ2v) is 11.9. The van der Waals surface area contributed by atoms with Gasteiger partial charge in [-0.25, -0.2) is 4.99 Å². The van der Waals surface area contributed by atoms with Crippen LogP contribution < -0.4 is 14.4 Å². The van der Waals surface area contributed by atoms with E-state index in [0.717, 1.165) is 38.1 Å². The van der Waals surface area contributed by atoms with E-state index in [1.165, 1.54) is 22.9 Å². The first-order valence-corrected chi connectivity index (χ1v) is 14.9. The number of methoxy groups -OCH3 is 1. The van der Waals surface area contributed by atoms with Crippen molar-refractivity contribution in [3.8, 4) is 11.5 Å². The molecule has 0 aliphatic carbocycles. The predicted molar refractivity (Wildman–Crippen MR) is 173 cm³/mol. The Morgan fingerprint density at radius 3 is 2.27 bits per heavy atom. The molecule has 5 rings (SSSR count). The van der Waals surface area contributed by atoms with Crippen molar-refractivity contribution in [2.24, 2.45) is 4.99 Å². The van der Waals surface area contributed by atoms with Gasteiger partial charge in [-0.3, -0.25) is 9.69 Å². The highest BCUT2D eigenvalue weighted by Crippen LogP contribution is 2.41. The van der Waals surface area contributed by atoms with Gasteiger partial charge >= 0.3 is 0 Å². The summed E-state index contributed by atoms with van der Waals surface area (Å²) in [5.74, 6) is 1.06. The molecule has 1 saturated heterocycles. The summed E-state index contributed by atoms with van der Waals surface area (Å²) in [4.78, 5) is 21.1. The maximum absolute atomic E-state index is 13.9. The number of amidine groups is 1. The lowest BCUT2D eigenvalue weighted by molar-refractivity contribution is -0.113. The number of amides is 1. The summed E-state index contributed by atoms with van der Waals surface area (Å²) >= 11 is 5.01. The molecule has 7 heteroatoms. The summed E-state index contributed by atoms with van der Waals surface area (Å²) in [6.07, 6.45) is 1.87. The van der Waals surface area contributed by atoms with Gasteiger partial charge < -0.3 is 9.47 Å². The van der Waals surface area contributed by atoms with Gasteiger partial charge in [0.1, 0.15) is 6.61 Å². The van der Waals surface area contributed by atoms with E-state index in [9.17, 15) is 4.79 Å². The molecule has 0 radical (unpaired) electrons. The number of thioether (sulfide) groups is 1. The topological polar surface area (TPSA) is 51.1 Å². The van der Waals surface area contributed by atoms with E-state index in [4.69, 9.17) is 14.5 Å². The Balaban J connectivity index is 1.51. The second-order valence-electron chi connectivity index (χ2n) is 9.99. The summed E-state index contributed by atoms with van der Waals surface area (Å²) in [5, 5.41) is 0.613. The molecule has 0 aromatic heterocycles. The fourth-order valence-electron chi connectivity index (χ4n) is 4.39. The first-order chi connectivity index (χ1) is 19.7. The van der Waals surface area contributed by atoms with Crippen molar-refractivity contribution in [2.45, 2.75) is 34.3 Å². The summed E-state index contributed by atoms with van der Waals surface area (Å²) in [6, 6.07) is 25.9. The molecule has 1 aliphatic rings. The Morgan fingerprint density at radius 2 is 1.59 bits per heavy atom. The van der Waals surface area contributed by atoms with Gasteiger partial charge in [-0.15, -0.1) is 0 Å². The molecule has 0 unspecified atom stereocenters. The molecule has 4 aromatic rings. The van der Waals surface area contributed by atoms with Crippen LogP contribution in [-0.4, -0.2) is 18.2 Å². The lowest BCUT2D eigenvalue weighted by atomic mass is 10.1. The number of hydrogen-bond acceptors (Lipinski definition) is 5. The van der Waals surface area contributed by atoms with Gasteiger partial charge in [0.15, 0.2) is 16.7 Å². The van der Waals surface area contributed by atoms with Crippen molar-refractivity contribution in [2.75, 3.05) is 12.0 Å². The number of halogens is 1. The fourth-order valence-corrected chi connectivity index (χ4v) is 5.97. The minimum absolute atomic E-state index is 0.125. The first-order valence-electron chi connectivity index (χ1n) is 13.2. The molecule has 0 saturated carbocycles. The zero-order chi connectivity index (χ0) is 29.1. The predicted octanol–water partition coefficient (Wildman–Crippen LogP) is 9.08. The Morgan fingerprint density at radius 1 is 0.878 bits per heavy atom. The lowest BCUT2D eigenvalue weighted by Gasteiger charge is -2.17. The summed E-state index contributed by atoms with van der Waals surface area (Å²) < 4.78 is 12.5. The van der Waals surface area contributed by atoms with Crippen molar-refractivity contribution in [3.63, 3.8) is 0 Å². The molecule has 4 aromatic carbocycles. The highest BCUT2D eigenvalue weighted by molar-refractivity contribution is 9.10. The van der Waals surface area contributed by atoms with Gasteiger partial charge in [-0.1, -0.05) is 42.5 Å². The minimum Gasteiger partial charge on any atom is -0.493 e. The number of ether oxygens (including phenoxy) is 2. The van der Waals surface area contributed by atoms with Gasteiger partial charge in [0.25, 0.3) is 5.91 Å². The second kappa shape index (κ2) is 12.4. The van der Waals surface area contributed by atoms with Crippen LogP contribution in [0.1, 0.15) is 33.4 Å². The fraction of sp³-hybridized carbons (Fsp3) is 0.176. The molecule has 5 nitrogen and oxygen atoms in total. The van der Waals surface area contributed by atoms with E-state index >= 15 is 0 Å². The Hall–Kier alpha value is -3.81. The van der Waals surface area contributed by atoms with Crippen LogP contribution in [0, 0.1) is 27.7 Å². The normalized spacial score (nSPS) is 15.2. The van der Waals surface area contributed by atoms with Crippen molar-refractivity contribution in [3.05, 3.63) is 122 Å². The molecular weight excluding hydrogens is 596 g/mol. The Kier molecular flexibility index (Phi) is 8.66. The van der Waals surface area contributed by atoms with E-state index in [1.54, 1.807) is 12.0 Å². The number of nitrogens with zero attached hydrogens (tertiary/aromatic N) is 2. The zero-order valence-electron chi connectivity index (χ0n) is 23.7. The van der Waals surface area contributed by atoms with E-state index in [0.29, 0.717) is 28.2 Å². The smallest absolute Gasteiger partial charge is 0.271 e. The van der Waals surface area contributed by atoms with E-state index in [2.05, 4.69) is 49.7 Å². The third kappa shape index (κ3) is 6.42. The Labute approximate surface area is 254 Å². The van der Waals surface area contributed by atoms with Gasteiger partial charge in [0.05, 0.1) is 27.9 Å². The van der Waals surface area contributed by atoms with Crippen LogP contribution in [0.5, 0.6) is 11.5 Å². The molecule has 1 aliphatic heterocycles. The quantitative estimate of drug-likeness (QED) is 0.192. The molecule has 41 heavy (non-hydrogen) atoms. The number of carbonyl (C=O) groups excluding carboxylic acids is 1. The standard InChI is InChI=1S/C34H31BrN2O3S/c1-21-11-13-27(15-23(21)3)36-34-37(28-14-12-22(2)24(4)16-28)33(38)31(41-34)19-26-17-29(35)32(30(18-26)39-5)40-20-25-9-7-6-8-10-25/h6-19H,20H2,1-5H3/b31-19+,36-34?. The number of hydrogen-bond donors (Lipinski definition) is 0. The monoisotopic (exact) mass is 626 g/mol. The third-order valence-corrected chi connectivity index (χ3v) is 8.60. The number of aliphatic imine (C=N–C) groups is 1. The zero-order valence-corrected chi connectivity index (χ0v) is 26.1. The molecule has 1 fully saturated rings. The van der Waals surface area contributed by atoms with Gasteiger partial charge in [-0.05, 0) is 131 Å². The number of rotatable bonds is 7. The van der Waals surface area contributed by atoms with Crippen LogP contribution in [0.3, 0.4) is 0 Å². The van der Waals surface area contributed by atoms with E-state index in [-0.39, 0.29) is 5.91 Å². The summed E-state index contributed by atoms with van der Waals surface area (Å²) in [7, 11) is 1.61. The van der Waals surface area contributed by atoms with Crippen LogP contribution in [0.4, 0.5) is 11.4 Å². The van der Waals surface area contributed by atoms with E-state index < -0.39 is 0 Å². The van der Waals surface area contributed by atoms with Crippen LogP contribution >= 0.6 is 27.7 Å². The molecule has 208 valence electrons. The van der Waals surface area contributed by atoms with Crippen LogP contribution in [0.25, 0.3) is 6.08 Å². The van der Waals surface area contributed by atoms with Crippen molar-refractivity contribution >= 4 is 56.2 Å². The SMILES string of the molecule is COc1cc(/C=C2/SC(=Nc3ccc(C)c(C)c3)N(c3ccc(C)c(C)c3)C2=O)cc(Br)c1OCc1ccccc1. The summed E-state index contributed by atoms with van der Waals surface area (Å²) in [6.45, 7) is 8.67. The molecule has 1 amide bonds. The maximum Gasteiger partial charge on any atom is 0.271 e. The maximum atomic E-state index is 13.9. The number of carbonyl (C=O) groups is 1. The van der Waals surface area contributed by atoms with E-state index in [1.807, 2.05) is 78.9 Å². The summed E-state index contributed by atoms with van der Waals surface area (Å²) in [5.41, 5.74) is 8.10. The molecule has 1 heterocycles. The van der Waals surface area contributed by atoms with Gasteiger partial charge in [-0.2, -0.15) is 0 Å². The van der Waals surface area contributed by atoms with Crippen molar-refractivity contribution in [1.82, 2.24) is 0 Å². The van der Waals surface area contributed by atoms with Crippen molar-refractivity contribution < 1.29 is 14.3 Å². The molecule has 0 spiro atoms. The first kappa shape index (κ1) is 28.7. The van der Waals surface area contributed by atoms with Crippen LogP contribution in [0.2, 0.25) is 0 Å². The lowest BCUT2D eigenvalue weighted by Crippen LogP contribution is -2.28. The van der Waals surface area contributed by atoms with Crippen LogP contribution in [0.15, 0.2) is 93.2 Å². The Bertz CT molecular complexity index is 1680. The number of benzene rings is 4. The molecule has 0 N–H and O–H groups in total. The third-order valence-electron chi connectivity index (χ3n) is 7.05. The van der Waals surface area contributed by atoms with Crippen molar-refractivity contribution in [1.29, 1.82) is 0 Å². The largest absolute Gasteiger partial charge is 0.493 e. The molecule has 0 bridgehead atoms. The molecular formula is C34H31BrN2O3S. The minimum atomic E-state index is -0.125.